The monoisotopic (exact) mass is 271 g/mol. The summed E-state index contributed by atoms with van der Waals surface area (Å²) in [7, 11) is 0. The van der Waals surface area contributed by atoms with Crippen molar-refractivity contribution in [2.24, 2.45) is 0 Å². The van der Waals surface area contributed by atoms with Gasteiger partial charge in [-0.15, -0.1) is 19.1 Å². The molecule has 2 aromatic carbocycles. The average Bonchev–Trinajstić information content (AvgIpc) is 2.41. The number of nitrogens with one attached hydrogen (secondary N) is 1. The normalized spacial score (nSPS) is 9.74. The number of carbonyl (C=O) groups is 1. The zero-order chi connectivity index (χ0) is 13.8. The molecule has 0 bridgehead atoms. The number of rotatable bonds is 2. The number of anilines is 1. The summed E-state index contributed by atoms with van der Waals surface area (Å²) in [6, 6.07) is 10.8. The Hall–Kier alpha value is -2.25. The largest absolute Gasteiger partial charge is 0.322 e. The van der Waals surface area contributed by atoms with Crippen LogP contribution in [0.5, 0.6) is 0 Å². The minimum atomic E-state index is -0.594. The topological polar surface area (TPSA) is 29.1 Å². The molecule has 0 fully saturated rings. The summed E-state index contributed by atoms with van der Waals surface area (Å²) in [4.78, 5) is 12.5. The first-order valence-corrected chi connectivity index (χ1v) is 5.91. The Balaban J connectivity index is 2.26. The Kier molecular flexibility index (Phi) is 3.88. The van der Waals surface area contributed by atoms with Crippen LogP contribution >= 0.6 is 12.6 Å². The number of thiol groups is 1. The fourth-order valence-electron chi connectivity index (χ4n) is 1.57. The van der Waals surface area contributed by atoms with Crippen LogP contribution in [0, 0.1) is 18.2 Å². The molecule has 4 heteroatoms. The zero-order valence-corrected chi connectivity index (χ0v) is 10.7. The van der Waals surface area contributed by atoms with Gasteiger partial charge in [-0.1, -0.05) is 12.0 Å². The second-order valence-electron chi connectivity index (χ2n) is 3.84. The third-order valence-corrected chi connectivity index (χ3v) is 2.76. The third-order valence-electron chi connectivity index (χ3n) is 2.48. The van der Waals surface area contributed by atoms with Gasteiger partial charge in [0.2, 0.25) is 0 Å². The van der Waals surface area contributed by atoms with Gasteiger partial charge in [-0.25, -0.2) is 4.39 Å². The van der Waals surface area contributed by atoms with E-state index in [2.05, 4.69) is 23.9 Å². The van der Waals surface area contributed by atoms with Crippen molar-refractivity contribution in [3.8, 4) is 12.3 Å². The molecule has 0 spiro atoms. The van der Waals surface area contributed by atoms with Gasteiger partial charge < -0.3 is 5.32 Å². The van der Waals surface area contributed by atoms with E-state index in [9.17, 15) is 9.18 Å². The van der Waals surface area contributed by atoms with Gasteiger partial charge in [-0.3, -0.25) is 4.79 Å². The molecule has 19 heavy (non-hydrogen) atoms. The highest BCUT2D eigenvalue weighted by Crippen LogP contribution is 2.16. The van der Waals surface area contributed by atoms with Gasteiger partial charge in [0.25, 0.3) is 5.91 Å². The smallest absolute Gasteiger partial charge is 0.258 e. The molecule has 2 rings (SSSR count). The standard InChI is InChI=1S/C15H10FNOS/c1-2-10-4-3-5-11(8-10)17-15(18)13-9-12(19)6-7-14(13)16/h1,3-9,19H,(H,17,18). The second kappa shape index (κ2) is 5.59. The van der Waals surface area contributed by atoms with E-state index in [0.29, 0.717) is 16.1 Å². The van der Waals surface area contributed by atoms with Crippen molar-refractivity contribution >= 4 is 24.2 Å². The van der Waals surface area contributed by atoms with Crippen molar-refractivity contribution in [1.82, 2.24) is 0 Å². The highest BCUT2D eigenvalue weighted by molar-refractivity contribution is 7.80. The van der Waals surface area contributed by atoms with Crippen LogP contribution in [-0.4, -0.2) is 5.91 Å². The molecule has 2 nitrogen and oxygen atoms in total. The van der Waals surface area contributed by atoms with Crippen molar-refractivity contribution in [2.45, 2.75) is 4.90 Å². The molecule has 0 saturated heterocycles. The van der Waals surface area contributed by atoms with Crippen LogP contribution in [0.4, 0.5) is 10.1 Å². The summed E-state index contributed by atoms with van der Waals surface area (Å²) < 4.78 is 13.5. The molecule has 1 N–H and O–H groups in total. The Bertz CT molecular complexity index is 676. The van der Waals surface area contributed by atoms with Crippen LogP contribution in [0.3, 0.4) is 0 Å². The molecule has 2 aromatic rings. The minimum absolute atomic E-state index is 0.0568. The number of carbonyl (C=O) groups excluding carboxylic acids is 1. The summed E-state index contributed by atoms with van der Waals surface area (Å²) in [6.07, 6.45) is 5.27. The molecule has 0 heterocycles. The molecule has 0 aliphatic heterocycles. The molecule has 94 valence electrons. The number of amides is 1. The highest BCUT2D eigenvalue weighted by atomic mass is 32.1. The van der Waals surface area contributed by atoms with E-state index >= 15 is 0 Å². The highest BCUT2D eigenvalue weighted by Gasteiger charge is 2.12. The maximum Gasteiger partial charge on any atom is 0.258 e. The average molecular weight is 271 g/mol. The lowest BCUT2D eigenvalue weighted by Gasteiger charge is -2.07. The van der Waals surface area contributed by atoms with Gasteiger partial charge >= 0.3 is 0 Å². The first kappa shape index (κ1) is 13.2. The molecule has 0 unspecified atom stereocenters. The van der Waals surface area contributed by atoms with Crippen LogP contribution in [0.1, 0.15) is 15.9 Å². The zero-order valence-electron chi connectivity index (χ0n) is 9.85. The summed E-state index contributed by atoms with van der Waals surface area (Å²) in [5.74, 6) is 1.33. The summed E-state index contributed by atoms with van der Waals surface area (Å²) >= 11 is 4.08. The fourth-order valence-corrected chi connectivity index (χ4v) is 1.78. The van der Waals surface area contributed by atoms with Gasteiger partial charge in [-0.2, -0.15) is 0 Å². The van der Waals surface area contributed by atoms with E-state index in [1.165, 1.54) is 18.2 Å². The van der Waals surface area contributed by atoms with Crippen molar-refractivity contribution < 1.29 is 9.18 Å². The third kappa shape index (κ3) is 3.15. The molecule has 0 aliphatic carbocycles. The predicted octanol–water partition coefficient (Wildman–Crippen LogP) is 3.35. The lowest BCUT2D eigenvalue weighted by atomic mass is 10.1. The first-order valence-electron chi connectivity index (χ1n) is 5.46. The number of hydrogen-bond donors (Lipinski definition) is 2. The SMILES string of the molecule is C#Cc1cccc(NC(=O)c2cc(S)ccc2F)c1. The van der Waals surface area contributed by atoms with Crippen molar-refractivity contribution in [3.63, 3.8) is 0 Å². The lowest BCUT2D eigenvalue weighted by molar-refractivity contribution is 0.102. The van der Waals surface area contributed by atoms with E-state index in [4.69, 9.17) is 6.42 Å². The molecule has 0 atom stereocenters. The summed E-state index contributed by atoms with van der Waals surface area (Å²) in [5.41, 5.74) is 1.10. The lowest BCUT2D eigenvalue weighted by Crippen LogP contribution is -2.13. The number of halogens is 1. The Morgan fingerprint density at radius 1 is 1.26 bits per heavy atom. The number of terminal acetylenes is 1. The van der Waals surface area contributed by atoms with E-state index in [1.54, 1.807) is 24.3 Å². The Morgan fingerprint density at radius 2 is 2.05 bits per heavy atom. The molecule has 0 aromatic heterocycles. The van der Waals surface area contributed by atoms with Crippen molar-refractivity contribution in [3.05, 3.63) is 59.4 Å². The van der Waals surface area contributed by atoms with Gasteiger partial charge in [0, 0.05) is 16.1 Å². The van der Waals surface area contributed by atoms with Crippen molar-refractivity contribution in [2.75, 3.05) is 5.32 Å². The predicted molar refractivity (Wildman–Crippen MR) is 76.0 cm³/mol. The Morgan fingerprint density at radius 3 is 2.79 bits per heavy atom. The maximum absolute atomic E-state index is 13.5. The van der Waals surface area contributed by atoms with Crippen LogP contribution in [0.15, 0.2) is 47.4 Å². The van der Waals surface area contributed by atoms with Crippen LogP contribution in [0.25, 0.3) is 0 Å². The number of hydrogen-bond acceptors (Lipinski definition) is 2. The van der Waals surface area contributed by atoms with Gasteiger partial charge in [0.1, 0.15) is 5.82 Å². The van der Waals surface area contributed by atoms with E-state index in [0.717, 1.165) is 0 Å². The summed E-state index contributed by atoms with van der Waals surface area (Å²) in [6.45, 7) is 0. The number of benzene rings is 2. The van der Waals surface area contributed by atoms with Crippen LogP contribution in [-0.2, 0) is 0 Å². The van der Waals surface area contributed by atoms with E-state index in [1.807, 2.05) is 0 Å². The molecule has 1 amide bonds. The molecule has 0 radical (unpaired) electrons. The second-order valence-corrected chi connectivity index (χ2v) is 4.36. The van der Waals surface area contributed by atoms with E-state index in [-0.39, 0.29) is 5.56 Å². The Labute approximate surface area is 116 Å². The first-order chi connectivity index (χ1) is 9.10. The van der Waals surface area contributed by atoms with Crippen LogP contribution < -0.4 is 5.32 Å². The van der Waals surface area contributed by atoms with Gasteiger partial charge in [-0.05, 0) is 36.4 Å². The fraction of sp³-hybridized carbons (Fsp3) is 0. The quantitative estimate of drug-likeness (QED) is 0.636. The molecular formula is C15H10FNOS. The van der Waals surface area contributed by atoms with Gasteiger partial charge in [0.15, 0.2) is 0 Å². The minimum Gasteiger partial charge on any atom is -0.322 e. The van der Waals surface area contributed by atoms with E-state index < -0.39 is 11.7 Å². The maximum atomic E-state index is 13.5. The summed E-state index contributed by atoms with van der Waals surface area (Å²) in [5, 5.41) is 2.59. The molecule has 0 aliphatic rings. The van der Waals surface area contributed by atoms with Crippen LogP contribution in [0.2, 0.25) is 0 Å². The van der Waals surface area contributed by atoms with Crippen molar-refractivity contribution in [1.29, 1.82) is 0 Å². The molecule has 0 saturated carbocycles. The van der Waals surface area contributed by atoms with Gasteiger partial charge in [0.05, 0.1) is 5.56 Å². The molecular weight excluding hydrogens is 261 g/mol.